The quantitative estimate of drug-likeness (QED) is 0.102. The van der Waals surface area contributed by atoms with Gasteiger partial charge in [-0.1, -0.05) is 83.8 Å². The van der Waals surface area contributed by atoms with Crippen LogP contribution in [0.25, 0.3) is 11.1 Å². The number of carbonyl (C=O) groups excluding carboxylic acids is 1. The Kier molecular flexibility index (Phi) is 11.7. The van der Waals surface area contributed by atoms with Gasteiger partial charge >= 0.3 is 5.97 Å². The third kappa shape index (κ3) is 9.69. The molecule has 1 saturated heterocycles. The molecule has 4 aromatic rings. The maximum atomic E-state index is 12.2. The molecule has 3 atom stereocenters. The number of nitrogens with zero attached hydrogens (tertiary/aromatic N) is 2. The van der Waals surface area contributed by atoms with Crippen molar-refractivity contribution in [2.45, 2.75) is 75.0 Å². The molecule has 0 spiro atoms. The van der Waals surface area contributed by atoms with Crippen molar-refractivity contribution in [3.63, 3.8) is 0 Å². The molecule has 3 N–H and O–H groups in total. The van der Waals surface area contributed by atoms with Crippen molar-refractivity contribution in [1.82, 2.24) is 15.5 Å². The summed E-state index contributed by atoms with van der Waals surface area (Å²) in [7, 11) is 0. The number of aliphatic hydroxyl groups excluding tert-OH is 1. The zero-order chi connectivity index (χ0) is 31.6. The number of nitrogens with one attached hydrogen (secondary N) is 1. The molecule has 1 aromatic heterocycles. The van der Waals surface area contributed by atoms with Crippen molar-refractivity contribution in [3.8, 4) is 11.1 Å². The fourth-order valence-electron chi connectivity index (χ4n) is 5.10. The fraction of sp³-hybridized carbons (Fsp3) is 0.353. The number of benzene rings is 3. The molecule has 1 aliphatic heterocycles. The number of ether oxygens (including phenoxy) is 2. The summed E-state index contributed by atoms with van der Waals surface area (Å²) in [6.07, 6.45) is 1.27. The minimum atomic E-state index is -0.843. The van der Waals surface area contributed by atoms with E-state index < -0.39 is 12.3 Å². The van der Waals surface area contributed by atoms with Crippen LogP contribution in [0, 0.1) is 6.92 Å². The summed E-state index contributed by atoms with van der Waals surface area (Å²) in [5.74, 6) is -0.217. The number of aliphatic carboxylic acids is 1. The molecule has 1 amide bonds. The lowest BCUT2D eigenvalue weighted by atomic mass is 9.99. The van der Waals surface area contributed by atoms with E-state index in [4.69, 9.17) is 14.6 Å². The number of hydrogen-bond donors (Lipinski definition) is 3. The van der Waals surface area contributed by atoms with E-state index in [1.807, 2.05) is 67.6 Å². The van der Waals surface area contributed by atoms with E-state index in [9.17, 15) is 14.7 Å². The number of aliphatic hydroxyl groups is 1. The maximum absolute atomic E-state index is 12.2. The van der Waals surface area contributed by atoms with Crippen LogP contribution >= 0.6 is 23.1 Å². The lowest BCUT2D eigenvalue weighted by Gasteiger charge is -2.36. The Balaban J connectivity index is 1.28. The van der Waals surface area contributed by atoms with Crippen molar-refractivity contribution < 1.29 is 29.3 Å². The number of unbranched alkanes of at least 4 members (excludes halogenated alkanes) is 1. The van der Waals surface area contributed by atoms with Gasteiger partial charge in [0.15, 0.2) is 10.6 Å². The van der Waals surface area contributed by atoms with E-state index in [1.54, 1.807) is 23.1 Å². The normalized spacial score (nSPS) is 18.0. The summed E-state index contributed by atoms with van der Waals surface area (Å²) in [5, 5.41) is 30.5. The van der Waals surface area contributed by atoms with Crippen LogP contribution in [0.3, 0.4) is 0 Å². The largest absolute Gasteiger partial charge is 0.481 e. The van der Waals surface area contributed by atoms with Gasteiger partial charge in [0.25, 0.3) is 0 Å². The first-order chi connectivity index (χ1) is 21.9. The number of aryl methyl sites for hydroxylation is 1. The molecule has 1 fully saturated rings. The number of hydrogen-bond acceptors (Lipinski definition) is 9. The summed E-state index contributed by atoms with van der Waals surface area (Å²) in [4.78, 5) is 22.9. The number of aromatic nitrogens is 2. The van der Waals surface area contributed by atoms with Gasteiger partial charge in [0.2, 0.25) is 5.91 Å². The molecule has 236 valence electrons. The zero-order valence-corrected chi connectivity index (χ0v) is 26.7. The fourth-order valence-corrected chi connectivity index (χ4v) is 6.96. The highest BCUT2D eigenvalue weighted by molar-refractivity contribution is 8.01. The molecule has 3 aromatic carbocycles. The standard InChI is InChI=1S/C34H37N3O6S2/c1-22-36-37-34(45-22)44-21-29-18-30(25-14-12-23(20-38)13-15-25)43-33(42-29)28-9-5-8-27(17-28)26-7-4-6-24(16-26)19-35-31(39)10-2-3-11-32(40)41/h4-9,12-17,29-30,33,38H,2-3,10-11,18-21H2,1H3,(H,35,39)(H,40,41). The van der Waals surface area contributed by atoms with Crippen molar-refractivity contribution in [2.75, 3.05) is 5.75 Å². The highest BCUT2D eigenvalue weighted by Crippen LogP contribution is 2.40. The van der Waals surface area contributed by atoms with Gasteiger partial charge in [-0.2, -0.15) is 0 Å². The molecular formula is C34H37N3O6S2. The second-order valence-electron chi connectivity index (χ2n) is 11.0. The second kappa shape index (κ2) is 16.1. The zero-order valence-electron chi connectivity index (χ0n) is 25.1. The Bertz CT molecular complexity index is 1580. The molecule has 1 aliphatic rings. The lowest BCUT2D eigenvalue weighted by molar-refractivity contribution is -0.245. The predicted molar refractivity (Wildman–Crippen MR) is 174 cm³/mol. The number of amides is 1. The van der Waals surface area contributed by atoms with Crippen molar-refractivity contribution in [3.05, 3.63) is 100 Å². The number of rotatable bonds is 14. The Morgan fingerprint density at radius 1 is 0.933 bits per heavy atom. The molecule has 0 aliphatic carbocycles. The molecule has 3 unspecified atom stereocenters. The Morgan fingerprint density at radius 2 is 1.69 bits per heavy atom. The van der Waals surface area contributed by atoms with E-state index in [-0.39, 0.29) is 31.1 Å². The number of carboxylic acid groups (broad SMARTS) is 1. The molecule has 0 saturated carbocycles. The van der Waals surface area contributed by atoms with Gasteiger partial charge in [0, 0.05) is 37.1 Å². The summed E-state index contributed by atoms with van der Waals surface area (Å²) in [5.41, 5.74) is 5.78. The van der Waals surface area contributed by atoms with Crippen LogP contribution in [0.5, 0.6) is 0 Å². The minimum absolute atomic E-state index is 0.00691. The van der Waals surface area contributed by atoms with Gasteiger partial charge in [-0.05, 0) is 59.7 Å². The van der Waals surface area contributed by atoms with E-state index in [0.717, 1.165) is 42.7 Å². The maximum Gasteiger partial charge on any atom is 0.303 e. The molecule has 0 radical (unpaired) electrons. The van der Waals surface area contributed by atoms with Crippen LogP contribution in [-0.2, 0) is 32.2 Å². The molecule has 9 nitrogen and oxygen atoms in total. The number of thioether (sulfide) groups is 1. The predicted octanol–water partition coefficient (Wildman–Crippen LogP) is 6.60. The van der Waals surface area contributed by atoms with Crippen LogP contribution in [0.15, 0.2) is 77.1 Å². The smallest absolute Gasteiger partial charge is 0.303 e. The molecule has 2 heterocycles. The topological polar surface area (TPSA) is 131 Å². The van der Waals surface area contributed by atoms with Gasteiger partial charge in [0.05, 0.1) is 18.8 Å². The van der Waals surface area contributed by atoms with Crippen LogP contribution in [0.2, 0.25) is 0 Å². The summed E-state index contributed by atoms with van der Waals surface area (Å²) in [6.45, 7) is 2.33. The second-order valence-corrected chi connectivity index (χ2v) is 13.4. The summed E-state index contributed by atoms with van der Waals surface area (Å²) >= 11 is 3.21. The molecular weight excluding hydrogens is 611 g/mol. The van der Waals surface area contributed by atoms with E-state index in [0.29, 0.717) is 38.0 Å². The van der Waals surface area contributed by atoms with Crippen molar-refractivity contribution >= 4 is 35.0 Å². The van der Waals surface area contributed by atoms with Gasteiger partial charge in [-0.25, -0.2) is 0 Å². The lowest BCUT2D eigenvalue weighted by Crippen LogP contribution is -2.31. The summed E-state index contributed by atoms with van der Waals surface area (Å²) < 4.78 is 14.0. The van der Waals surface area contributed by atoms with Crippen molar-refractivity contribution in [2.24, 2.45) is 0 Å². The monoisotopic (exact) mass is 647 g/mol. The van der Waals surface area contributed by atoms with Crippen LogP contribution in [-0.4, -0.2) is 44.1 Å². The highest BCUT2D eigenvalue weighted by Gasteiger charge is 2.32. The number of carboxylic acids is 1. The molecule has 45 heavy (non-hydrogen) atoms. The Labute approximate surface area is 271 Å². The SMILES string of the molecule is Cc1nnc(SCC2CC(c3ccc(CO)cc3)OC(c3cccc(-c4cccc(CNC(=O)CCCCC(=O)O)c4)c3)O2)s1. The van der Waals surface area contributed by atoms with Crippen LogP contribution in [0.1, 0.15) is 71.8 Å². The van der Waals surface area contributed by atoms with Crippen LogP contribution in [0.4, 0.5) is 0 Å². The van der Waals surface area contributed by atoms with E-state index in [2.05, 4.69) is 27.6 Å². The highest BCUT2D eigenvalue weighted by atomic mass is 32.2. The summed E-state index contributed by atoms with van der Waals surface area (Å²) in [6, 6.07) is 24.0. The van der Waals surface area contributed by atoms with Gasteiger partial charge in [-0.15, -0.1) is 10.2 Å². The van der Waals surface area contributed by atoms with E-state index in [1.165, 1.54) is 0 Å². The van der Waals surface area contributed by atoms with Gasteiger partial charge in [0.1, 0.15) is 5.01 Å². The average Bonchev–Trinajstić information content (AvgIpc) is 3.49. The third-order valence-electron chi connectivity index (χ3n) is 7.47. The Hall–Kier alpha value is -3.61. The molecule has 0 bridgehead atoms. The minimum Gasteiger partial charge on any atom is -0.481 e. The van der Waals surface area contributed by atoms with Crippen LogP contribution < -0.4 is 5.32 Å². The average molecular weight is 648 g/mol. The first-order valence-corrected chi connectivity index (χ1v) is 16.8. The van der Waals surface area contributed by atoms with E-state index >= 15 is 0 Å². The third-order valence-corrected chi connectivity index (χ3v) is 9.57. The Morgan fingerprint density at radius 3 is 2.42 bits per heavy atom. The van der Waals surface area contributed by atoms with Crippen molar-refractivity contribution in [1.29, 1.82) is 0 Å². The first kappa shape index (κ1) is 32.8. The number of carbonyl (C=O) groups is 2. The molecule has 5 rings (SSSR count). The van der Waals surface area contributed by atoms with Gasteiger partial charge in [-0.3, -0.25) is 9.59 Å². The first-order valence-electron chi connectivity index (χ1n) is 15.0. The van der Waals surface area contributed by atoms with Gasteiger partial charge < -0.3 is 25.0 Å². The molecule has 11 heteroatoms.